The minimum absolute atomic E-state index is 0.0713. The molecule has 1 aromatic heterocycles. The first-order valence-electron chi connectivity index (χ1n) is 10.2. The summed E-state index contributed by atoms with van der Waals surface area (Å²) in [6.45, 7) is 2.27. The molecule has 0 radical (unpaired) electrons. The van der Waals surface area contributed by atoms with Crippen LogP contribution < -0.4 is 5.32 Å². The van der Waals surface area contributed by atoms with Gasteiger partial charge in [0.1, 0.15) is 5.82 Å². The highest BCUT2D eigenvalue weighted by atomic mass is 19.1. The molecule has 1 aliphatic rings. The summed E-state index contributed by atoms with van der Waals surface area (Å²) >= 11 is 0. The number of likely N-dealkylation sites (tertiary alicyclic amines) is 1. The second kappa shape index (κ2) is 9.49. The first-order valence-corrected chi connectivity index (χ1v) is 10.2. The van der Waals surface area contributed by atoms with Gasteiger partial charge in [-0.05, 0) is 55.8 Å². The molecule has 0 aliphatic carbocycles. The van der Waals surface area contributed by atoms with Crippen LogP contribution >= 0.6 is 0 Å². The van der Waals surface area contributed by atoms with E-state index in [1.165, 1.54) is 12.1 Å². The van der Waals surface area contributed by atoms with Gasteiger partial charge in [-0.1, -0.05) is 17.3 Å². The number of nitriles is 1. The quantitative estimate of drug-likeness (QED) is 0.650. The number of nitrogens with zero attached hydrogens (tertiary/aromatic N) is 4. The summed E-state index contributed by atoms with van der Waals surface area (Å²) in [6, 6.07) is 15.0. The van der Waals surface area contributed by atoms with Crippen LogP contribution in [0, 0.1) is 17.1 Å². The van der Waals surface area contributed by atoms with Crippen molar-refractivity contribution in [1.82, 2.24) is 15.0 Å². The fourth-order valence-electron chi connectivity index (χ4n) is 3.72. The molecule has 1 atom stereocenters. The topological polar surface area (TPSA) is 95.1 Å². The molecular formula is C23H22FN5O2. The first kappa shape index (κ1) is 20.7. The van der Waals surface area contributed by atoms with E-state index >= 15 is 0 Å². The Morgan fingerprint density at radius 1 is 1.29 bits per heavy atom. The summed E-state index contributed by atoms with van der Waals surface area (Å²) < 4.78 is 18.9. The van der Waals surface area contributed by atoms with Gasteiger partial charge in [0.2, 0.25) is 17.6 Å². The molecule has 2 aromatic carbocycles. The van der Waals surface area contributed by atoms with Crippen LogP contribution in [0.4, 0.5) is 10.1 Å². The molecule has 2 heterocycles. The zero-order valence-electron chi connectivity index (χ0n) is 16.9. The smallest absolute Gasteiger partial charge is 0.231 e. The highest BCUT2D eigenvalue weighted by Gasteiger charge is 2.26. The molecule has 1 aliphatic heterocycles. The number of benzene rings is 2. The van der Waals surface area contributed by atoms with Crippen molar-refractivity contribution in [2.24, 2.45) is 0 Å². The van der Waals surface area contributed by atoms with Crippen molar-refractivity contribution in [3.63, 3.8) is 0 Å². The third-order valence-corrected chi connectivity index (χ3v) is 5.33. The van der Waals surface area contributed by atoms with Crippen molar-refractivity contribution in [3.8, 4) is 17.5 Å². The van der Waals surface area contributed by atoms with Crippen molar-refractivity contribution in [2.75, 3.05) is 25.0 Å². The molecule has 1 unspecified atom stereocenters. The molecule has 8 heteroatoms. The lowest BCUT2D eigenvalue weighted by atomic mass is 9.98. The molecule has 31 heavy (non-hydrogen) atoms. The number of halogens is 1. The highest BCUT2D eigenvalue weighted by Crippen LogP contribution is 2.27. The molecule has 0 bridgehead atoms. The lowest BCUT2D eigenvalue weighted by molar-refractivity contribution is -0.116. The third-order valence-electron chi connectivity index (χ3n) is 5.33. The molecule has 0 spiro atoms. The second-order valence-corrected chi connectivity index (χ2v) is 7.59. The summed E-state index contributed by atoms with van der Waals surface area (Å²) in [5, 5.41) is 15.7. The molecule has 4 rings (SSSR count). The number of piperidine rings is 1. The zero-order chi connectivity index (χ0) is 21.6. The van der Waals surface area contributed by atoms with Crippen molar-refractivity contribution in [2.45, 2.75) is 25.2 Å². The van der Waals surface area contributed by atoms with Crippen LogP contribution in [0.25, 0.3) is 11.4 Å². The lowest BCUT2D eigenvalue weighted by Gasteiger charge is -2.30. The van der Waals surface area contributed by atoms with Crippen LogP contribution in [0.5, 0.6) is 0 Å². The zero-order valence-corrected chi connectivity index (χ0v) is 16.9. The summed E-state index contributed by atoms with van der Waals surface area (Å²) in [5.74, 6) is 0.606. The number of hydrogen-bond donors (Lipinski definition) is 1. The molecule has 3 aromatic rings. The SMILES string of the molecule is N#Cc1ccc(NC(=O)CCN2CCCC(c3nc(-c4cccc(F)c4)no3)C2)cc1. The largest absolute Gasteiger partial charge is 0.339 e. The maximum absolute atomic E-state index is 13.4. The van der Waals surface area contributed by atoms with E-state index in [-0.39, 0.29) is 17.6 Å². The Morgan fingerprint density at radius 2 is 2.13 bits per heavy atom. The molecular weight excluding hydrogens is 397 g/mol. The Labute approximate surface area is 179 Å². The minimum Gasteiger partial charge on any atom is -0.339 e. The Kier molecular flexibility index (Phi) is 6.34. The van der Waals surface area contributed by atoms with Crippen LogP contribution in [0.3, 0.4) is 0 Å². The Hall–Kier alpha value is -3.57. The average Bonchev–Trinajstić information content (AvgIpc) is 3.29. The van der Waals surface area contributed by atoms with Gasteiger partial charge in [-0.2, -0.15) is 10.2 Å². The highest BCUT2D eigenvalue weighted by molar-refractivity contribution is 5.90. The van der Waals surface area contributed by atoms with E-state index in [9.17, 15) is 9.18 Å². The summed E-state index contributed by atoms with van der Waals surface area (Å²) in [4.78, 5) is 19.0. The van der Waals surface area contributed by atoms with Gasteiger partial charge in [-0.25, -0.2) is 4.39 Å². The van der Waals surface area contributed by atoms with Crippen molar-refractivity contribution in [3.05, 3.63) is 65.8 Å². The number of amides is 1. The maximum atomic E-state index is 13.4. The number of carbonyl (C=O) groups is 1. The Bertz CT molecular complexity index is 1090. The first-order chi connectivity index (χ1) is 15.1. The number of anilines is 1. The van der Waals surface area contributed by atoms with Gasteiger partial charge in [-0.3, -0.25) is 4.79 Å². The van der Waals surface area contributed by atoms with Gasteiger partial charge < -0.3 is 14.7 Å². The van der Waals surface area contributed by atoms with Crippen LogP contribution in [-0.4, -0.2) is 40.6 Å². The van der Waals surface area contributed by atoms with E-state index in [0.717, 1.165) is 25.9 Å². The van der Waals surface area contributed by atoms with E-state index in [4.69, 9.17) is 9.78 Å². The van der Waals surface area contributed by atoms with Crippen LogP contribution in [0.2, 0.25) is 0 Å². The predicted octanol–water partition coefficient (Wildman–Crippen LogP) is 3.96. The monoisotopic (exact) mass is 419 g/mol. The number of hydrogen-bond acceptors (Lipinski definition) is 6. The van der Waals surface area contributed by atoms with Crippen LogP contribution in [0.15, 0.2) is 53.1 Å². The van der Waals surface area contributed by atoms with Crippen LogP contribution in [0.1, 0.15) is 36.6 Å². The molecule has 0 saturated carbocycles. The fourth-order valence-corrected chi connectivity index (χ4v) is 3.72. The minimum atomic E-state index is -0.341. The number of aromatic nitrogens is 2. The number of rotatable bonds is 6. The molecule has 158 valence electrons. The Balaban J connectivity index is 1.30. The molecule has 1 saturated heterocycles. The summed E-state index contributed by atoms with van der Waals surface area (Å²) in [7, 11) is 0. The van der Waals surface area contributed by atoms with E-state index < -0.39 is 0 Å². The summed E-state index contributed by atoms with van der Waals surface area (Å²) in [6.07, 6.45) is 2.27. The van der Waals surface area contributed by atoms with Gasteiger partial charge in [0, 0.05) is 30.8 Å². The fraction of sp³-hybridized carbons (Fsp3) is 0.304. The molecule has 7 nitrogen and oxygen atoms in total. The standard InChI is InChI=1S/C23H22FN5O2/c24-19-5-1-3-17(13-19)22-27-23(31-28-22)18-4-2-11-29(15-18)12-10-21(30)26-20-8-6-16(14-25)7-9-20/h1,3,5-9,13,18H,2,4,10-12,15H2,(H,26,30). The van der Waals surface area contributed by atoms with E-state index in [1.807, 2.05) is 0 Å². The van der Waals surface area contributed by atoms with Gasteiger partial charge in [-0.15, -0.1) is 0 Å². The van der Waals surface area contributed by atoms with E-state index in [0.29, 0.717) is 41.5 Å². The van der Waals surface area contributed by atoms with Crippen molar-refractivity contribution < 1.29 is 13.7 Å². The van der Waals surface area contributed by atoms with E-state index in [2.05, 4.69) is 26.4 Å². The number of nitrogens with one attached hydrogen (secondary N) is 1. The van der Waals surface area contributed by atoms with Gasteiger partial charge in [0.05, 0.1) is 17.6 Å². The Morgan fingerprint density at radius 3 is 2.90 bits per heavy atom. The van der Waals surface area contributed by atoms with Gasteiger partial charge in [0.15, 0.2) is 0 Å². The second-order valence-electron chi connectivity index (χ2n) is 7.59. The molecule has 1 amide bonds. The van der Waals surface area contributed by atoms with Crippen molar-refractivity contribution >= 4 is 11.6 Å². The van der Waals surface area contributed by atoms with E-state index in [1.54, 1.807) is 36.4 Å². The predicted molar refractivity (Wildman–Crippen MR) is 113 cm³/mol. The van der Waals surface area contributed by atoms with Crippen molar-refractivity contribution in [1.29, 1.82) is 5.26 Å². The van der Waals surface area contributed by atoms with Crippen LogP contribution in [-0.2, 0) is 4.79 Å². The summed E-state index contributed by atoms with van der Waals surface area (Å²) in [5.41, 5.74) is 1.82. The van der Waals surface area contributed by atoms with Gasteiger partial charge in [0.25, 0.3) is 0 Å². The third kappa shape index (κ3) is 5.32. The van der Waals surface area contributed by atoms with Gasteiger partial charge >= 0.3 is 0 Å². The molecule has 1 N–H and O–H groups in total. The molecule has 1 fully saturated rings. The maximum Gasteiger partial charge on any atom is 0.231 e. The normalized spacial score (nSPS) is 16.6. The number of carbonyl (C=O) groups excluding carboxylic acids is 1. The average molecular weight is 419 g/mol. The lowest BCUT2D eigenvalue weighted by Crippen LogP contribution is -2.36.